The highest BCUT2D eigenvalue weighted by atomic mass is 32.1. The summed E-state index contributed by atoms with van der Waals surface area (Å²) in [5, 5.41) is 20.7. The van der Waals surface area contributed by atoms with E-state index in [1.807, 2.05) is 0 Å². The van der Waals surface area contributed by atoms with Gasteiger partial charge in [-0.2, -0.15) is 0 Å². The lowest BCUT2D eigenvalue weighted by atomic mass is 9.88. The van der Waals surface area contributed by atoms with Gasteiger partial charge in [-0.25, -0.2) is 0 Å². The van der Waals surface area contributed by atoms with E-state index >= 15 is 0 Å². The third-order valence-electron chi connectivity index (χ3n) is 17.0. The molecule has 8 heteroatoms. The van der Waals surface area contributed by atoms with Crippen molar-refractivity contribution >= 4 is 186 Å². The largest absolute Gasteiger partial charge is 0.310 e. The molecule has 0 spiro atoms. The second-order valence-electron chi connectivity index (χ2n) is 22.0. The molecule has 12 aromatic carbocycles. The maximum Gasteiger partial charge on any atom is 0.0561 e. The summed E-state index contributed by atoms with van der Waals surface area (Å²) in [6, 6.07) is 87.2. The molecule has 0 fully saturated rings. The fourth-order valence-corrected chi connectivity index (χ4v) is 16.0. The minimum absolute atomic E-state index is 1.09. The zero-order chi connectivity index (χ0) is 56.2. The molecule has 0 radical (unpaired) electrons. The van der Waals surface area contributed by atoms with Crippen molar-refractivity contribution in [3.05, 3.63) is 274 Å². The van der Waals surface area contributed by atoms with Gasteiger partial charge in [0.2, 0.25) is 0 Å². The van der Waals surface area contributed by atoms with Crippen molar-refractivity contribution in [1.29, 1.82) is 0 Å². The summed E-state index contributed by atoms with van der Waals surface area (Å²) in [7, 11) is 0. The van der Waals surface area contributed by atoms with Gasteiger partial charge in [0.25, 0.3) is 0 Å². The van der Waals surface area contributed by atoms with Crippen LogP contribution < -0.4 is 19.6 Å². The molecule has 4 nitrogen and oxygen atoms in total. The zero-order valence-electron chi connectivity index (χ0n) is 46.7. The number of nitrogens with zero attached hydrogens (tertiary/aromatic N) is 4. The zero-order valence-corrected chi connectivity index (χ0v) is 49.9. The molecule has 0 aliphatic rings. The van der Waals surface area contributed by atoms with Crippen molar-refractivity contribution in [2.75, 3.05) is 19.6 Å². The number of rotatable bonds is 12. The molecule has 0 aliphatic carbocycles. The van der Waals surface area contributed by atoms with Gasteiger partial charge in [0, 0.05) is 96.6 Å². The quantitative estimate of drug-likeness (QED) is 0.113. The number of aryl methyl sites for hydroxylation is 4. The molecule has 0 bridgehead atoms. The molecule has 402 valence electrons. The first-order chi connectivity index (χ1) is 41.3. The molecule has 16 rings (SSSR count). The minimum atomic E-state index is 1.09. The van der Waals surface area contributed by atoms with Crippen LogP contribution in [-0.2, 0) is 0 Å². The first-order valence-electron chi connectivity index (χ1n) is 28.4. The van der Waals surface area contributed by atoms with Gasteiger partial charge in [-0.05, 0) is 226 Å². The first kappa shape index (κ1) is 50.4. The Morgan fingerprint density at radius 3 is 0.702 bits per heavy atom. The normalized spacial score (nSPS) is 11.8. The Morgan fingerprint density at radius 2 is 0.464 bits per heavy atom. The van der Waals surface area contributed by atoms with Gasteiger partial charge < -0.3 is 19.6 Å². The van der Waals surface area contributed by atoms with Crippen molar-refractivity contribution < 1.29 is 0 Å². The van der Waals surface area contributed by atoms with Crippen LogP contribution in [0, 0.1) is 27.7 Å². The Bertz CT molecular complexity index is 4570. The molecule has 0 amide bonds. The monoisotopic (exact) mass is 1150 g/mol. The van der Waals surface area contributed by atoms with E-state index in [-0.39, 0.29) is 0 Å². The molecule has 4 aromatic heterocycles. The number of fused-ring (bicyclic) bond motifs is 4. The Labute approximate surface area is 504 Å². The van der Waals surface area contributed by atoms with Gasteiger partial charge in [-0.3, -0.25) is 0 Å². The molecule has 0 N–H and O–H groups in total. The van der Waals surface area contributed by atoms with E-state index in [2.05, 4.69) is 299 Å². The van der Waals surface area contributed by atoms with Crippen LogP contribution in [0.15, 0.2) is 252 Å². The van der Waals surface area contributed by atoms with Crippen LogP contribution in [0.25, 0.3) is 72.7 Å². The Balaban J connectivity index is 1.11. The standard InChI is InChI=1S/C76H54N4S4/c1-47-13-5-9-17-63(47)77(55-21-29-71-51(41-55)33-37-81-71)67-45-68(78(64-18-10-6-14-48(64)2)56-22-30-72-52(42-56)34-38-82-72)60-27-28-62-70(80(66-20-12-8-16-50(66)4)58-24-32-74-54(44-58)36-40-84-74)46-69(61-26-25-59(67)75(60)76(61)62)79(65-19-11-7-15-49(65)3)57-23-31-73-53(43-57)35-39-83-73/h5-46H,1-4H3. The third-order valence-corrected chi connectivity index (χ3v) is 20.6. The highest BCUT2D eigenvalue weighted by molar-refractivity contribution is 7.18. The molecule has 0 saturated heterocycles. The van der Waals surface area contributed by atoms with Crippen molar-refractivity contribution in [1.82, 2.24) is 0 Å². The topological polar surface area (TPSA) is 13.0 Å². The van der Waals surface area contributed by atoms with Gasteiger partial charge in [0.05, 0.1) is 22.7 Å². The van der Waals surface area contributed by atoms with Gasteiger partial charge in [0.15, 0.2) is 0 Å². The Kier molecular flexibility index (Phi) is 12.2. The molecule has 0 aliphatic heterocycles. The van der Waals surface area contributed by atoms with Crippen molar-refractivity contribution in [3.63, 3.8) is 0 Å². The van der Waals surface area contributed by atoms with Crippen molar-refractivity contribution in [2.45, 2.75) is 27.7 Å². The fourth-order valence-electron chi connectivity index (χ4n) is 12.9. The van der Waals surface area contributed by atoms with Crippen LogP contribution in [0.2, 0.25) is 0 Å². The second-order valence-corrected chi connectivity index (χ2v) is 25.8. The smallest absolute Gasteiger partial charge is 0.0561 e. The van der Waals surface area contributed by atoms with E-state index in [1.165, 1.54) is 73.4 Å². The van der Waals surface area contributed by atoms with Gasteiger partial charge in [-0.1, -0.05) is 97.1 Å². The summed E-state index contributed by atoms with van der Waals surface area (Å²) in [6.07, 6.45) is 0. The summed E-state index contributed by atoms with van der Waals surface area (Å²) in [5.74, 6) is 0. The molecular formula is C76H54N4S4. The number of hydrogen-bond acceptors (Lipinski definition) is 8. The average molecular weight is 1150 g/mol. The highest BCUT2D eigenvalue weighted by Gasteiger charge is 2.31. The molecule has 84 heavy (non-hydrogen) atoms. The molecule has 0 saturated carbocycles. The van der Waals surface area contributed by atoms with E-state index in [0.29, 0.717) is 0 Å². The van der Waals surface area contributed by atoms with Gasteiger partial charge in [-0.15, -0.1) is 45.3 Å². The summed E-state index contributed by atoms with van der Waals surface area (Å²) < 4.78 is 5.06. The number of hydrogen-bond donors (Lipinski definition) is 0. The average Bonchev–Trinajstić information content (AvgIpc) is 0.973. The Hall–Kier alpha value is -9.28. The minimum Gasteiger partial charge on any atom is -0.310 e. The fraction of sp³-hybridized carbons (Fsp3) is 0.0526. The van der Waals surface area contributed by atoms with E-state index < -0.39 is 0 Å². The summed E-state index contributed by atoms with van der Waals surface area (Å²) in [5.41, 5.74) is 18.0. The SMILES string of the molecule is Cc1ccccc1N(c1ccc2sccc2c1)c1cc(N(c2ccc3sccc3c2)c2ccccc2C)c2ccc3c(N(c4ccc5sccc5c4)c4ccccc4C)cc(N(c4ccc5sccc5c4)c4ccccc4C)c4ccc1c2c43. The van der Waals surface area contributed by atoms with Crippen LogP contribution >= 0.6 is 45.3 Å². The number of thiophene rings is 4. The second kappa shape index (κ2) is 20.3. The van der Waals surface area contributed by atoms with E-state index in [0.717, 1.165) is 89.8 Å². The lowest BCUT2D eigenvalue weighted by Crippen LogP contribution is -2.17. The highest BCUT2D eigenvalue weighted by Crippen LogP contribution is 2.56. The molecule has 0 atom stereocenters. The molecule has 0 unspecified atom stereocenters. The lowest BCUT2D eigenvalue weighted by Gasteiger charge is -2.35. The third kappa shape index (κ3) is 8.27. The van der Waals surface area contributed by atoms with Crippen molar-refractivity contribution in [2.24, 2.45) is 0 Å². The van der Waals surface area contributed by atoms with Crippen molar-refractivity contribution in [3.8, 4) is 0 Å². The van der Waals surface area contributed by atoms with Crippen LogP contribution in [0.5, 0.6) is 0 Å². The predicted molar refractivity (Wildman–Crippen MR) is 369 cm³/mol. The summed E-state index contributed by atoms with van der Waals surface area (Å²) in [6.45, 7) is 8.99. The number of anilines is 12. The lowest BCUT2D eigenvalue weighted by molar-refractivity contribution is 1.24. The number of para-hydroxylation sites is 4. The summed E-state index contributed by atoms with van der Waals surface area (Å²) >= 11 is 7.15. The molecule has 4 heterocycles. The van der Waals surface area contributed by atoms with Gasteiger partial charge >= 0.3 is 0 Å². The number of benzene rings is 12. The van der Waals surface area contributed by atoms with Crippen LogP contribution in [0.3, 0.4) is 0 Å². The predicted octanol–water partition coefficient (Wildman–Crippen LogP) is 24.6. The summed E-state index contributed by atoms with van der Waals surface area (Å²) in [4.78, 5) is 10.1. The van der Waals surface area contributed by atoms with Gasteiger partial charge in [0.1, 0.15) is 0 Å². The Morgan fingerprint density at radius 1 is 0.226 bits per heavy atom. The molecular weight excluding hydrogens is 1100 g/mol. The van der Waals surface area contributed by atoms with E-state index in [4.69, 9.17) is 0 Å². The van der Waals surface area contributed by atoms with E-state index in [9.17, 15) is 0 Å². The van der Waals surface area contributed by atoms with E-state index in [1.54, 1.807) is 45.3 Å². The maximum atomic E-state index is 2.53. The van der Waals surface area contributed by atoms with Crippen LogP contribution in [-0.4, -0.2) is 0 Å². The van der Waals surface area contributed by atoms with Crippen LogP contribution in [0.4, 0.5) is 68.2 Å². The maximum absolute atomic E-state index is 2.53. The molecule has 16 aromatic rings. The van der Waals surface area contributed by atoms with Crippen LogP contribution in [0.1, 0.15) is 22.3 Å². The first-order valence-corrected chi connectivity index (χ1v) is 31.9.